The van der Waals surface area contributed by atoms with Crippen LogP contribution in [0.3, 0.4) is 0 Å². The van der Waals surface area contributed by atoms with Gasteiger partial charge in [0.25, 0.3) is 5.91 Å². The van der Waals surface area contributed by atoms with Crippen molar-refractivity contribution in [1.82, 2.24) is 9.29 Å². The second-order valence-corrected chi connectivity index (χ2v) is 10.8. The van der Waals surface area contributed by atoms with Gasteiger partial charge in [-0.1, -0.05) is 31.6 Å². The van der Waals surface area contributed by atoms with Gasteiger partial charge in [-0.2, -0.15) is 14.4 Å². The molecule has 8 nitrogen and oxygen atoms in total. The van der Waals surface area contributed by atoms with Crippen LogP contribution in [0.1, 0.15) is 42.8 Å². The normalized spacial score (nSPS) is 12.1. The van der Waals surface area contributed by atoms with Crippen LogP contribution in [0.15, 0.2) is 75.3 Å². The number of carbonyl (C=O) groups is 1. The molecule has 0 spiro atoms. The highest BCUT2D eigenvalue weighted by Crippen LogP contribution is 2.31. The number of benzene rings is 2. The number of furan rings is 1. The highest BCUT2D eigenvalue weighted by atomic mass is 32.2. The molecule has 11 heteroatoms. The van der Waals surface area contributed by atoms with Crippen molar-refractivity contribution >= 4 is 48.8 Å². The van der Waals surface area contributed by atoms with E-state index in [-0.39, 0.29) is 15.6 Å². The maximum atomic E-state index is 13.7. The highest BCUT2D eigenvalue weighted by Gasteiger charge is 2.25. The molecule has 0 bridgehead atoms. The van der Waals surface area contributed by atoms with E-state index >= 15 is 0 Å². The Kier molecular flexibility index (Phi) is 7.92. The molecule has 1 amide bonds. The Hall–Kier alpha value is -3.41. The van der Waals surface area contributed by atoms with Crippen molar-refractivity contribution in [2.45, 2.75) is 31.6 Å². The minimum Gasteiger partial charge on any atom is -0.463 e. The Labute approximate surface area is 212 Å². The number of amides is 1. The fourth-order valence-electron chi connectivity index (χ4n) is 3.47. The summed E-state index contributed by atoms with van der Waals surface area (Å²) >= 11 is 1.11. The second-order valence-electron chi connectivity index (χ2n) is 7.86. The lowest BCUT2D eigenvalue weighted by Crippen LogP contribution is -2.32. The number of hydrogen-bond acceptors (Lipinski definition) is 7. The number of halogens is 1. The van der Waals surface area contributed by atoms with E-state index < -0.39 is 21.7 Å². The molecule has 0 aliphatic rings. The summed E-state index contributed by atoms with van der Waals surface area (Å²) in [7, 11) is -3.68. The summed E-state index contributed by atoms with van der Waals surface area (Å²) in [6.45, 7) is 4.59. The maximum absolute atomic E-state index is 13.7. The van der Waals surface area contributed by atoms with Crippen LogP contribution in [0.25, 0.3) is 10.2 Å². The van der Waals surface area contributed by atoms with E-state index in [1.807, 2.05) is 6.92 Å². The van der Waals surface area contributed by atoms with Gasteiger partial charge in [0.05, 0.1) is 27.6 Å². The SMILES string of the molecule is CCCCN(CC)S(=O)(=O)c1ccc(C(=O)N(/N=C/c2ccco2)c2nc3ccc(F)cc3s2)cc1. The summed E-state index contributed by atoms with van der Waals surface area (Å²) in [4.78, 5) is 18.0. The van der Waals surface area contributed by atoms with Crippen molar-refractivity contribution in [3.8, 4) is 0 Å². The molecule has 0 saturated carbocycles. The van der Waals surface area contributed by atoms with Gasteiger partial charge in [0.15, 0.2) is 0 Å². The zero-order valence-electron chi connectivity index (χ0n) is 19.8. The lowest BCUT2D eigenvalue weighted by molar-refractivity contribution is 0.0987. The predicted octanol–water partition coefficient (Wildman–Crippen LogP) is 5.52. The van der Waals surface area contributed by atoms with Gasteiger partial charge in [-0.05, 0) is 61.0 Å². The first-order chi connectivity index (χ1) is 17.3. The number of hydrogen-bond donors (Lipinski definition) is 0. The van der Waals surface area contributed by atoms with Gasteiger partial charge < -0.3 is 4.42 Å². The second kappa shape index (κ2) is 11.1. The molecule has 188 valence electrons. The summed E-state index contributed by atoms with van der Waals surface area (Å²) in [5.41, 5.74) is 0.739. The third kappa shape index (κ3) is 5.53. The zero-order chi connectivity index (χ0) is 25.7. The quantitative estimate of drug-likeness (QED) is 0.199. The molecular weight excluding hydrogens is 503 g/mol. The van der Waals surface area contributed by atoms with Gasteiger partial charge in [0.1, 0.15) is 11.6 Å². The Morgan fingerprint density at radius 3 is 2.61 bits per heavy atom. The van der Waals surface area contributed by atoms with E-state index in [4.69, 9.17) is 4.42 Å². The molecule has 36 heavy (non-hydrogen) atoms. The summed E-state index contributed by atoms with van der Waals surface area (Å²) in [5.74, 6) is -0.515. The molecule has 2 heterocycles. The van der Waals surface area contributed by atoms with Gasteiger partial charge in [0.2, 0.25) is 15.2 Å². The number of fused-ring (bicyclic) bond motifs is 1. The molecule has 2 aromatic heterocycles. The average molecular weight is 529 g/mol. The van der Waals surface area contributed by atoms with E-state index in [0.29, 0.717) is 29.1 Å². The molecule has 0 aliphatic heterocycles. The van der Waals surface area contributed by atoms with E-state index in [2.05, 4.69) is 10.1 Å². The van der Waals surface area contributed by atoms with Crippen LogP contribution in [-0.2, 0) is 10.0 Å². The standard InChI is InChI=1S/C25H25FN4O4S2/c1-3-5-14-29(4-2)36(32,33)21-11-8-18(9-12-21)24(31)30(27-17-20-7-6-15-34-20)25-28-22-13-10-19(26)16-23(22)35-25/h6-13,15-17H,3-5,14H2,1-2H3/b27-17+. The summed E-state index contributed by atoms with van der Waals surface area (Å²) < 4.78 is 47.0. The maximum Gasteiger partial charge on any atom is 0.280 e. The van der Waals surface area contributed by atoms with Gasteiger partial charge in [0, 0.05) is 18.7 Å². The number of hydrazone groups is 1. The number of nitrogens with zero attached hydrogens (tertiary/aromatic N) is 4. The smallest absolute Gasteiger partial charge is 0.280 e. The largest absolute Gasteiger partial charge is 0.463 e. The first-order valence-electron chi connectivity index (χ1n) is 11.4. The molecule has 0 N–H and O–H groups in total. The molecule has 0 radical (unpaired) electrons. The van der Waals surface area contributed by atoms with Crippen LogP contribution < -0.4 is 5.01 Å². The number of sulfonamides is 1. The molecule has 2 aromatic carbocycles. The van der Waals surface area contributed by atoms with Crippen molar-refractivity contribution in [2.75, 3.05) is 18.1 Å². The number of anilines is 1. The molecule has 0 atom stereocenters. The van der Waals surface area contributed by atoms with Crippen LogP contribution in [0.4, 0.5) is 9.52 Å². The molecule has 4 aromatic rings. The van der Waals surface area contributed by atoms with Crippen molar-refractivity contribution < 1.29 is 22.0 Å². The fraction of sp³-hybridized carbons (Fsp3) is 0.240. The monoisotopic (exact) mass is 528 g/mol. The van der Waals surface area contributed by atoms with Gasteiger partial charge in [-0.3, -0.25) is 4.79 Å². The van der Waals surface area contributed by atoms with Crippen LogP contribution in [-0.4, -0.2) is 42.9 Å². The number of unbranched alkanes of at least 4 members (excludes halogenated alkanes) is 1. The third-order valence-electron chi connectivity index (χ3n) is 5.41. The number of aromatic nitrogens is 1. The van der Waals surface area contributed by atoms with Crippen molar-refractivity contribution in [3.63, 3.8) is 0 Å². The highest BCUT2D eigenvalue weighted by molar-refractivity contribution is 7.89. The number of thiazole rings is 1. The minimum absolute atomic E-state index is 0.109. The Bertz CT molecular complexity index is 1470. The summed E-state index contributed by atoms with van der Waals surface area (Å²) in [6.07, 6.45) is 4.49. The molecule has 4 rings (SSSR count). The molecule has 0 saturated heterocycles. The summed E-state index contributed by atoms with van der Waals surface area (Å²) in [5, 5.41) is 5.59. The first-order valence-corrected chi connectivity index (χ1v) is 13.7. The molecule has 0 aliphatic carbocycles. The van der Waals surface area contributed by atoms with Crippen molar-refractivity contribution in [3.05, 3.63) is 78.0 Å². The number of rotatable bonds is 10. The third-order valence-corrected chi connectivity index (χ3v) is 8.39. The summed E-state index contributed by atoms with van der Waals surface area (Å²) in [6, 6.07) is 13.3. The molecular formula is C25H25FN4O4S2. The van der Waals surface area contributed by atoms with E-state index in [1.165, 1.54) is 59.2 Å². The first kappa shape index (κ1) is 25.7. The van der Waals surface area contributed by atoms with Gasteiger partial charge >= 0.3 is 0 Å². The Morgan fingerprint density at radius 1 is 1.17 bits per heavy atom. The van der Waals surface area contributed by atoms with Crippen molar-refractivity contribution in [2.24, 2.45) is 5.10 Å². The van der Waals surface area contributed by atoms with E-state index in [0.717, 1.165) is 29.2 Å². The van der Waals surface area contributed by atoms with Gasteiger partial charge in [-0.15, -0.1) is 0 Å². The van der Waals surface area contributed by atoms with Crippen molar-refractivity contribution in [1.29, 1.82) is 0 Å². The van der Waals surface area contributed by atoms with E-state index in [9.17, 15) is 17.6 Å². The fourth-order valence-corrected chi connectivity index (χ4v) is 5.90. The Morgan fingerprint density at radius 2 is 1.94 bits per heavy atom. The Balaban J connectivity index is 1.66. The van der Waals surface area contributed by atoms with Crippen LogP contribution in [0.5, 0.6) is 0 Å². The zero-order valence-corrected chi connectivity index (χ0v) is 21.4. The van der Waals surface area contributed by atoms with Crippen LogP contribution in [0.2, 0.25) is 0 Å². The van der Waals surface area contributed by atoms with Gasteiger partial charge in [-0.25, -0.2) is 17.8 Å². The molecule has 0 fully saturated rings. The minimum atomic E-state index is -3.68. The lowest BCUT2D eigenvalue weighted by atomic mass is 10.2. The molecule has 0 unspecified atom stereocenters. The predicted molar refractivity (Wildman–Crippen MR) is 138 cm³/mol. The average Bonchev–Trinajstić information content (AvgIpc) is 3.54. The topological polar surface area (TPSA) is 96.1 Å². The van der Waals surface area contributed by atoms with E-state index in [1.54, 1.807) is 19.1 Å². The number of carbonyl (C=O) groups excluding carboxylic acids is 1. The lowest BCUT2D eigenvalue weighted by Gasteiger charge is -2.20. The van der Waals surface area contributed by atoms with Crippen LogP contribution in [0, 0.1) is 5.82 Å². The van der Waals surface area contributed by atoms with Crippen LogP contribution >= 0.6 is 11.3 Å².